The fourth-order valence-electron chi connectivity index (χ4n) is 1.95. The molecule has 6 heteroatoms. The summed E-state index contributed by atoms with van der Waals surface area (Å²) in [4.78, 5) is 30.1. The number of nitrogens with zero attached hydrogens (tertiary/aromatic N) is 2. The molecule has 5 nitrogen and oxygen atoms in total. The maximum absolute atomic E-state index is 12.5. The highest BCUT2D eigenvalue weighted by Gasteiger charge is 2.35. The molecular weight excluding hydrogens is 276 g/mol. The van der Waals surface area contributed by atoms with Crippen LogP contribution in [0.25, 0.3) is 0 Å². The summed E-state index contributed by atoms with van der Waals surface area (Å²) in [5.74, 6) is -1.19. The summed E-state index contributed by atoms with van der Waals surface area (Å²) in [6.45, 7) is 5.99. The fraction of sp³-hybridized carbons (Fsp3) is 0.643. The number of hydrogen-bond donors (Lipinski definition) is 1. The smallest absolute Gasteiger partial charge is 0.308 e. The Balaban J connectivity index is 2.12. The summed E-state index contributed by atoms with van der Waals surface area (Å²) >= 11 is 1.41. The normalized spacial score (nSPS) is 16.2. The highest BCUT2D eigenvalue weighted by molar-refractivity contribution is 7.13. The fourth-order valence-corrected chi connectivity index (χ4v) is 2.83. The van der Waals surface area contributed by atoms with E-state index in [1.54, 1.807) is 18.0 Å². The molecule has 0 spiro atoms. The first-order valence-corrected chi connectivity index (χ1v) is 7.71. The van der Waals surface area contributed by atoms with Crippen LogP contribution in [-0.4, -0.2) is 39.5 Å². The summed E-state index contributed by atoms with van der Waals surface area (Å²) in [6.07, 6.45) is 3.55. The van der Waals surface area contributed by atoms with Crippen molar-refractivity contribution in [3.63, 3.8) is 0 Å². The van der Waals surface area contributed by atoms with E-state index in [4.69, 9.17) is 5.11 Å². The van der Waals surface area contributed by atoms with Gasteiger partial charge in [-0.25, -0.2) is 4.98 Å². The number of carboxylic acids is 1. The monoisotopic (exact) mass is 296 g/mol. The van der Waals surface area contributed by atoms with Crippen LogP contribution < -0.4 is 0 Å². The van der Waals surface area contributed by atoms with Crippen molar-refractivity contribution >= 4 is 23.2 Å². The van der Waals surface area contributed by atoms with Gasteiger partial charge in [0.2, 0.25) is 0 Å². The third-order valence-corrected chi connectivity index (χ3v) is 4.65. The average molecular weight is 296 g/mol. The number of amides is 1. The van der Waals surface area contributed by atoms with Crippen molar-refractivity contribution in [2.45, 2.75) is 45.6 Å². The molecule has 1 saturated carbocycles. The van der Waals surface area contributed by atoms with E-state index in [-0.39, 0.29) is 18.5 Å². The second kappa shape index (κ2) is 5.91. The zero-order chi connectivity index (χ0) is 14.9. The van der Waals surface area contributed by atoms with Gasteiger partial charge in [0.15, 0.2) is 0 Å². The number of carbonyl (C=O) groups excluding carboxylic acids is 1. The number of thiazole rings is 1. The molecule has 1 amide bonds. The van der Waals surface area contributed by atoms with Gasteiger partial charge in [0, 0.05) is 18.5 Å². The van der Waals surface area contributed by atoms with Gasteiger partial charge >= 0.3 is 5.97 Å². The molecule has 2 rings (SSSR count). The van der Waals surface area contributed by atoms with E-state index in [1.807, 2.05) is 13.8 Å². The maximum Gasteiger partial charge on any atom is 0.308 e. The molecule has 1 unspecified atom stereocenters. The lowest BCUT2D eigenvalue weighted by molar-refractivity contribution is -0.141. The standard InChI is InChI=1S/C14H20N2O3S/c1-8(2)12-15-6-11(20-12)13(17)16(10-4-5-10)7-9(3)14(18)19/h6,8-10H,4-5,7H2,1-3H3,(H,18,19). The number of carboxylic acid groups (broad SMARTS) is 1. The molecular formula is C14H20N2O3S. The van der Waals surface area contributed by atoms with E-state index in [1.165, 1.54) is 11.3 Å². The molecule has 20 heavy (non-hydrogen) atoms. The van der Waals surface area contributed by atoms with Gasteiger partial charge in [-0.2, -0.15) is 0 Å². The maximum atomic E-state index is 12.5. The Hall–Kier alpha value is -1.43. The van der Waals surface area contributed by atoms with Gasteiger partial charge in [-0.05, 0) is 12.8 Å². The number of hydrogen-bond acceptors (Lipinski definition) is 4. The minimum Gasteiger partial charge on any atom is -0.481 e. The largest absolute Gasteiger partial charge is 0.481 e. The van der Waals surface area contributed by atoms with Gasteiger partial charge in [-0.3, -0.25) is 9.59 Å². The Bertz CT molecular complexity index is 508. The van der Waals surface area contributed by atoms with Gasteiger partial charge in [0.05, 0.1) is 17.1 Å². The van der Waals surface area contributed by atoms with Crippen molar-refractivity contribution in [2.75, 3.05) is 6.54 Å². The Morgan fingerprint density at radius 2 is 2.10 bits per heavy atom. The van der Waals surface area contributed by atoms with Crippen LogP contribution in [0.3, 0.4) is 0 Å². The number of rotatable bonds is 6. The van der Waals surface area contributed by atoms with Crippen LogP contribution in [-0.2, 0) is 4.79 Å². The van der Waals surface area contributed by atoms with Crippen LogP contribution in [0.2, 0.25) is 0 Å². The summed E-state index contributed by atoms with van der Waals surface area (Å²) in [7, 11) is 0. The van der Waals surface area contributed by atoms with Crippen molar-refractivity contribution in [2.24, 2.45) is 5.92 Å². The van der Waals surface area contributed by atoms with Crippen molar-refractivity contribution < 1.29 is 14.7 Å². The molecule has 1 heterocycles. The summed E-state index contributed by atoms with van der Waals surface area (Å²) < 4.78 is 0. The van der Waals surface area contributed by atoms with Crippen LogP contribution in [0.15, 0.2) is 6.20 Å². The Morgan fingerprint density at radius 1 is 1.45 bits per heavy atom. The van der Waals surface area contributed by atoms with Gasteiger partial charge < -0.3 is 10.0 Å². The molecule has 1 fully saturated rings. The minimum absolute atomic E-state index is 0.0787. The molecule has 1 aromatic heterocycles. The highest BCUT2D eigenvalue weighted by atomic mass is 32.1. The van der Waals surface area contributed by atoms with Gasteiger partial charge in [-0.1, -0.05) is 20.8 Å². The summed E-state index contributed by atoms with van der Waals surface area (Å²) in [6, 6.07) is 0.203. The summed E-state index contributed by atoms with van der Waals surface area (Å²) in [5, 5.41) is 9.95. The van der Waals surface area contributed by atoms with E-state index in [0.29, 0.717) is 10.8 Å². The molecule has 0 aliphatic heterocycles. The quantitative estimate of drug-likeness (QED) is 0.876. The van der Waals surface area contributed by atoms with Gasteiger partial charge in [0.1, 0.15) is 4.88 Å². The van der Waals surface area contributed by atoms with Crippen molar-refractivity contribution in [1.29, 1.82) is 0 Å². The van der Waals surface area contributed by atoms with Crippen molar-refractivity contribution in [1.82, 2.24) is 9.88 Å². The first kappa shape index (κ1) is 15.0. The van der Waals surface area contributed by atoms with Crippen LogP contribution in [0.4, 0.5) is 0 Å². The van der Waals surface area contributed by atoms with Crippen molar-refractivity contribution in [3.8, 4) is 0 Å². The molecule has 1 N–H and O–H groups in total. The average Bonchev–Trinajstić information content (AvgIpc) is 3.10. The lowest BCUT2D eigenvalue weighted by Gasteiger charge is -2.23. The lowest BCUT2D eigenvalue weighted by Crippen LogP contribution is -2.38. The molecule has 0 bridgehead atoms. The Kier molecular flexibility index (Phi) is 4.42. The SMILES string of the molecule is CC(CN(C(=O)c1cnc(C(C)C)s1)C1CC1)C(=O)O. The number of carbonyl (C=O) groups is 2. The first-order chi connectivity index (χ1) is 9.40. The Labute approximate surface area is 122 Å². The molecule has 1 aliphatic carbocycles. The predicted octanol–water partition coefficient (Wildman–Crippen LogP) is 2.59. The van der Waals surface area contributed by atoms with Gasteiger partial charge in [0.25, 0.3) is 5.91 Å². The van der Waals surface area contributed by atoms with E-state index in [0.717, 1.165) is 17.8 Å². The molecule has 0 radical (unpaired) electrons. The third kappa shape index (κ3) is 3.36. The molecule has 110 valence electrons. The highest BCUT2D eigenvalue weighted by Crippen LogP contribution is 2.31. The number of aromatic nitrogens is 1. The van der Waals surface area contributed by atoms with Crippen LogP contribution in [0.5, 0.6) is 0 Å². The Morgan fingerprint density at radius 3 is 2.55 bits per heavy atom. The van der Waals surface area contributed by atoms with Gasteiger partial charge in [-0.15, -0.1) is 11.3 Å². The molecule has 1 atom stereocenters. The van der Waals surface area contributed by atoms with E-state index in [9.17, 15) is 9.59 Å². The van der Waals surface area contributed by atoms with Crippen molar-refractivity contribution in [3.05, 3.63) is 16.1 Å². The third-order valence-electron chi connectivity index (χ3n) is 3.37. The summed E-state index contributed by atoms with van der Waals surface area (Å²) in [5.41, 5.74) is 0. The van der Waals surface area contributed by atoms with E-state index < -0.39 is 11.9 Å². The van der Waals surface area contributed by atoms with E-state index in [2.05, 4.69) is 4.98 Å². The minimum atomic E-state index is -0.865. The number of aliphatic carboxylic acids is 1. The second-order valence-electron chi connectivity index (χ2n) is 5.65. The molecule has 1 aromatic rings. The molecule has 0 saturated heterocycles. The zero-order valence-corrected chi connectivity index (χ0v) is 12.8. The van der Waals surface area contributed by atoms with Crippen LogP contribution in [0.1, 0.15) is 54.2 Å². The topological polar surface area (TPSA) is 70.5 Å². The van der Waals surface area contributed by atoms with E-state index >= 15 is 0 Å². The van der Waals surface area contributed by atoms with Crippen LogP contribution in [0, 0.1) is 5.92 Å². The molecule has 0 aromatic carbocycles. The predicted molar refractivity (Wildman–Crippen MR) is 77.1 cm³/mol. The zero-order valence-electron chi connectivity index (χ0n) is 12.0. The van der Waals surface area contributed by atoms with Crippen LogP contribution >= 0.6 is 11.3 Å². The molecule has 1 aliphatic rings. The first-order valence-electron chi connectivity index (χ1n) is 6.89. The second-order valence-corrected chi connectivity index (χ2v) is 6.71. The lowest BCUT2D eigenvalue weighted by atomic mass is 10.1.